The van der Waals surface area contributed by atoms with E-state index in [2.05, 4.69) is 27.5 Å². The summed E-state index contributed by atoms with van der Waals surface area (Å²) in [6.07, 6.45) is 4.60. The van der Waals surface area contributed by atoms with Gasteiger partial charge in [0.25, 0.3) is 0 Å². The molecule has 0 saturated carbocycles. The van der Waals surface area contributed by atoms with Gasteiger partial charge in [0.05, 0.1) is 5.69 Å². The summed E-state index contributed by atoms with van der Waals surface area (Å²) < 4.78 is 1.77. The lowest BCUT2D eigenvalue weighted by molar-refractivity contribution is 0.174. The van der Waals surface area contributed by atoms with Crippen molar-refractivity contribution in [3.05, 3.63) is 11.9 Å². The van der Waals surface area contributed by atoms with Gasteiger partial charge in [-0.25, -0.2) is 0 Å². The summed E-state index contributed by atoms with van der Waals surface area (Å²) in [7, 11) is 1.92. The molecule has 0 atom stereocenters. The summed E-state index contributed by atoms with van der Waals surface area (Å²) in [5, 5.41) is 11.5. The second-order valence-electron chi connectivity index (χ2n) is 4.91. The van der Waals surface area contributed by atoms with Crippen molar-refractivity contribution in [2.24, 2.45) is 13.0 Å². The summed E-state index contributed by atoms with van der Waals surface area (Å²) in [4.78, 5) is 2.48. The highest BCUT2D eigenvalue weighted by Gasteiger charge is 2.19. The minimum Gasteiger partial charge on any atom is -0.317 e. The van der Waals surface area contributed by atoms with E-state index in [0.29, 0.717) is 0 Å². The Kier molecular flexibility index (Phi) is 4.50. The smallest absolute Gasteiger partial charge is 0.0966 e. The van der Waals surface area contributed by atoms with E-state index < -0.39 is 0 Å². The molecule has 1 N–H and O–H groups in total. The minimum absolute atomic E-state index is 0.855. The highest BCUT2D eigenvalue weighted by atomic mass is 15.4. The molecule has 1 saturated heterocycles. The normalized spacial score (nSPS) is 18.7. The molecule has 5 heteroatoms. The maximum absolute atomic E-state index is 4.14. The summed E-state index contributed by atoms with van der Waals surface area (Å²) in [6, 6.07) is 0. The molecule has 0 aliphatic carbocycles. The molecular weight excluding hydrogens is 214 g/mol. The molecule has 1 aliphatic rings. The van der Waals surface area contributed by atoms with Crippen LogP contribution >= 0.6 is 0 Å². The van der Waals surface area contributed by atoms with Gasteiger partial charge in [-0.1, -0.05) is 12.1 Å². The summed E-state index contributed by atoms with van der Waals surface area (Å²) >= 11 is 0. The van der Waals surface area contributed by atoms with Crippen LogP contribution in [0.15, 0.2) is 6.20 Å². The van der Waals surface area contributed by atoms with Crippen molar-refractivity contribution in [1.82, 2.24) is 25.2 Å². The van der Waals surface area contributed by atoms with Gasteiger partial charge in [-0.3, -0.25) is 9.58 Å². The maximum atomic E-state index is 4.14. The number of aryl methyl sites for hydroxylation is 1. The zero-order valence-electron chi connectivity index (χ0n) is 10.9. The maximum Gasteiger partial charge on any atom is 0.0966 e. The molecule has 1 aromatic rings. The second-order valence-corrected chi connectivity index (χ2v) is 4.91. The third kappa shape index (κ3) is 3.78. The van der Waals surface area contributed by atoms with Crippen LogP contribution in [-0.4, -0.2) is 46.1 Å². The lowest BCUT2D eigenvalue weighted by Gasteiger charge is -2.31. The van der Waals surface area contributed by atoms with E-state index in [-0.39, 0.29) is 0 Å². The molecule has 5 nitrogen and oxygen atoms in total. The fraction of sp³-hybridized carbons (Fsp3) is 0.833. The summed E-state index contributed by atoms with van der Waals surface area (Å²) in [5.41, 5.74) is 1.08. The van der Waals surface area contributed by atoms with E-state index in [1.54, 1.807) is 4.68 Å². The number of piperidine rings is 1. The number of nitrogens with one attached hydrogen (secondary N) is 1. The summed E-state index contributed by atoms with van der Waals surface area (Å²) in [5.74, 6) is 0.855. The lowest BCUT2D eigenvalue weighted by atomic mass is 9.97. The summed E-state index contributed by atoms with van der Waals surface area (Å²) in [6.45, 7) is 7.75. The number of likely N-dealkylation sites (tertiary alicyclic amines) is 1. The van der Waals surface area contributed by atoms with Crippen LogP contribution < -0.4 is 5.32 Å². The van der Waals surface area contributed by atoms with Crippen molar-refractivity contribution in [2.45, 2.75) is 26.3 Å². The Balaban J connectivity index is 1.72. The van der Waals surface area contributed by atoms with Crippen molar-refractivity contribution in [1.29, 1.82) is 0 Å². The zero-order valence-corrected chi connectivity index (χ0v) is 10.9. The van der Waals surface area contributed by atoms with Crippen LogP contribution in [0.5, 0.6) is 0 Å². The average Bonchev–Trinajstić information content (AvgIpc) is 2.74. The van der Waals surface area contributed by atoms with Crippen molar-refractivity contribution in [2.75, 3.05) is 26.2 Å². The van der Waals surface area contributed by atoms with E-state index in [9.17, 15) is 0 Å². The van der Waals surface area contributed by atoms with Gasteiger partial charge in [0.2, 0.25) is 0 Å². The van der Waals surface area contributed by atoms with Gasteiger partial charge in [0, 0.05) is 19.8 Å². The van der Waals surface area contributed by atoms with E-state index in [1.807, 2.05) is 13.2 Å². The molecule has 0 amide bonds. The molecule has 2 rings (SSSR count). The van der Waals surface area contributed by atoms with Crippen LogP contribution in [0, 0.1) is 5.92 Å². The molecule has 96 valence electrons. The predicted octanol–water partition coefficient (Wildman–Crippen LogP) is 0.637. The molecule has 0 spiro atoms. The van der Waals surface area contributed by atoms with Crippen molar-refractivity contribution in [3.8, 4) is 0 Å². The van der Waals surface area contributed by atoms with E-state index in [0.717, 1.165) is 24.7 Å². The number of hydrogen-bond donors (Lipinski definition) is 1. The Bertz CT molecular complexity index is 327. The van der Waals surface area contributed by atoms with Crippen LogP contribution in [0.1, 0.15) is 25.5 Å². The first kappa shape index (κ1) is 12.5. The molecule has 17 heavy (non-hydrogen) atoms. The second kappa shape index (κ2) is 6.12. The van der Waals surface area contributed by atoms with Gasteiger partial charge in [-0.15, -0.1) is 5.10 Å². The molecule has 0 bridgehead atoms. The number of hydrogen-bond acceptors (Lipinski definition) is 4. The fourth-order valence-corrected chi connectivity index (χ4v) is 2.39. The highest BCUT2D eigenvalue weighted by Crippen LogP contribution is 2.17. The molecule has 0 unspecified atom stereocenters. The van der Waals surface area contributed by atoms with Gasteiger partial charge < -0.3 is 5.32 Å². The zero-order chi connectivity index (χ0) is 12.1. The fourth-order valence-electron chi connectivity index (χ4n) is 2.39. The monoisotopic (exact) mass is 237 g/mol. The quantitative estimate of drug-likeness (QED) is 0.816. The van der Waals surface area contributed by atoms with Gasteiger partial charge in [0.15, 0.2) is 0 Å². The number of aromatic nitrogens is 3. The highest BCUT2D eigenvalue weighted by molar-refractivity contribution is 4.92. The first-order valence-electron chi connectivity index (χ1n) is 6.56. The van der Waals surface area contributed by atoms with Crippen molar-refractivity contribution < 1.29 is 0 Å². The Labute approximate surface area is 103 Å². The first-order valence-corrected chi connectivity index (χ1v) is 6.56. The minimum atomic E-state index is 0.855. The molecule has 1 aromatic heterocycles. The first-order chi connectivity index (χ1) is 8.28. The van der Waals surface area contributed by atoms with Crippen LogP contribution in [0.25, 0.3) is 0 Å². The van der Waals surface area contributed by atoms with E-state index in [4.69, 9.17) is 0 Å². The van der Waals surface area contributed by atoms with Crippen molar-refractivity contribution in [3.63, 3.8) is 0 Å². The largest absolute Gasteiger partial charge is 0.317 e. The van der Waals surface area contributed by atoms with Crippen LogP contribution in [0.2, 0.25) is 0 Å². The lowest BCUT2D eigenvalue weighted by Crippen LogP contribution is -2.36. The van der Waals surface area contributed by atoms with Gasteiger partial charge >= 0.3 is 0 Å². The van der Waals surface area contributed by atoms with E-state index in [1.165, 1.54) is 32.5 Å². The van der Waals surface area contributed by atoms with Crippen LogP contribution in [0.3, 0.4) is 0 Å². The average molecular weight is 237 g/mol. The van der Waals surface area contributed by atoms with Gasteiger partial charge in [-0.05, 0) is 44.9 Å². The van der Waals surface area contributed by atoms with Crippen LogP contribution in [-0.2, 0) is 13.6 Å². The standard InChI is InChI=1S/C12H23N5/c1-3-13-8-11-4-6-17(7-5-11)10-12-9-16(2)15-14-12/h9,11,13H,3-8,10H2,1-2H3. The van der Waals surface area contributed by atoms with Gasteiger partial charge in [0.1, 0.15) is 0 Å². The molecule has 1 fully saturated rings. The third-order valence-corrected chi connectivity index (χ3v) is 3.43. The Morgan fingerprint density at radius 2 is 2.18 bits per heavy atom. The predicted molar refractivity (Wildman–Crippen MR) is 67.5 cm³/mol. The Morgan fingerprint density at radius 1 is 1.41 bits per heavy atom. The third-order valence-electron chi connectivity index (χ3n) is 3.43. The number of rotatable bonds is 5. The Hall–Kier alpha value is -0.940. The molecule has 1 aliphatic heterocycles. The SMILES string of the molecule is CCNCC1CCN(Cc2cn(C)nn2)CC1. The molecule has 0 aromatic carbocycles. The molecule has 0 radical (unpaired) electrons. The Morgan fingerprint density at radius 3 is 2.76 bits per heavy atom. The van der Waals surface area contributed by atoms with Crippen molar-refractivity contribution >= 4 is 0 Å². The number of nitrogens with zero attached hydrogens (tertiary/aromatic N) is 4. The topological polar surface area (TPSA) is 46.0 Å². The molecular formula is C12H23N5. The van der Waals surface area contributed by atoms with Gasteiger partial charge in [-0.2, -0.15) is 0 Å². The molecule has 2 heterocycles. The van der Waals surface area contributed by atoms with E-state index >= 15 is 0 Å². The van der Waals surface area contributed by atoms with Crippen LogP contribution in [0.4, 0.5) is 0 Å².